The second-order valence-corrected chi connectivity index (χ2v) is 6.29. The summed E-state index contributed by atoms with van der Waals surface area (Å²) in [6, 6.07) is 8.09. The maximum atomic E-state index is 13.9. The molecule has 0 aliphatic carbocycles. The van der Waals surface area contributed by atoms with Crippen LogP contribution in [0, 0.1) is 5.82 Å². The number of halogens is 1. The minimum Gasteiger partial charge on any atom is -0.493 e. The van der Waals surface area contributed by atoms with Gasteiger partial charge in [-0.2, -0.15) is 0 Å². The number of para-hydroxylation sites is 1. The zero-order chi connectivity index (χ0) is 18.5. The van der Waals surface area contributed by atoms with Crippen LogP contribution in [0.2, 0.25) is 0 Å². The van der Waals surface area contributed by atoms with Crippen molar-refractivity contribution < 1.29 is 23.4 Å². The average Bonchev–Trinajstić information content (AvgIpc) is 3.15. The summed E-state index contributed by atoms with van der Waals surface area (Å²) in [5.41, 5.74) is 0.217. The molecule has 3 rings (SSSR count). The van der Waals surface area contributed by atoms with Gasteiger partial charge in [0.15, 0.2) is 11.6 Å². The van der Waals surface area contributed by atoms with Crippen LogP contribution in [-0.4, -0.2) is 60.2 Å². The fourth-order valence-corrected chi connectivity index (χ4v) is 3.37. The highest BCUT2D eigenvalue weighted by Gasteiger charge is 2.31. The lowest BCUT2D eigenvalue weighted by molar-refractivity contribution is 0.0370. The summed E-state index contributed by atoms with van der Waals surface area (Å²) < 4.78 is 24.4. The second kappa shape index (κ2) is 8.33. The van der Waals surface area contributed by atoms with Gasteiger partial charge in [0.05, 0.1) is 25.5 Å². The van der Waals surface area contributed by atoms with E-state index < -0.39 is 5.82 Å². The summed E-state index contributed by atoms with van der Waals surface area (Å²) >= 11 is 0. The third kappa shape index (κ3) is 3.89. The molecule has 140 valence electrons. The lowest BCUT2D eigenvalue weighted by atomic mass is 10.1. The minimum absolute atomic E-state index is 0.00218. The molecule has 1 saturated heterocycles. The molecule has 1 aliphatic rings. The van der Waals surface area contributed by atoms with Gasteiger partial charge in [-0.25, -0.2) is 4.39 Å². The van der Waals surface area contributed by atoms with Crippen molar-refractivity contribution in [3.05, 3.63) is 53.7 Å². The zero-order valence-electron chi connectivity index (χ0n) is 14.7. The number of methoxy groups -OCH3 is 1. The van der Waals surface area contributed by atoms with Crippen molar-refractivity contribution in [3.8, 4) is 5.75 Å². The van der Waals surface area contributed by atoms with Crippen molar-refractivity contribution in [2.45, 2.75) is 19.0 Å². The molecule has 0 spiro atoms. The highest BCUT2D eigenvalue weighted by atomic mass is 19.1. The number of aliphatic hydroxyl groups is 1. The molecule has 1 amide bonds. The van der Waals surface area contributed by atoms with Crippen molar-refractivity contribution in [2.24, 2.45) is 0 Å². The van der Waals surface area contributed by atoms with Gasteiger partial charge in [-0.05, 0) is 30.7 Å². The van der Waals surface area contributed by atoms with E-state index in [1.807, 2.05) is 12.1 Å². The predicted octanol–water partition coefficient (Wildman–Crippen LogP) is 2.14. The van der Waals surface area contributed by atoms with Gasteiger partial charge in [-0.15, -0.1) is 0 Å². The largest absolute Gasteiger partial charge is 0.493 e. The number of aliphatic hydroxyl groups excluding tert-OH is 1. The Hall–Kier alpha value is -2.38. The Bertz CT molecular complexity index is 735. The van der Waals surface area contributed by atoms with Crippen LogP contribution in [0.25, 0.3) is 0 Å². The van der Waals surface area contributed by atoms with E-state index in [1.54, 1.807) is 17.2 Å². The van der Waals surface area contributed by atoms with Crippen LogP contribution in [0.4, 0.5) is 4.39 Å². The van der Waals surface area contributed by atoms with Gasteiger partial charge in [0.1, 0.15) is 5.76 Å². The maximum absolute atomic E-state index is 13.9. The maximum Gasteiger partial charge on any atom is 0.257 e. The first-order valence-corrected chi connectivity index (χ1v) is 8.63. The van der Waals surface area contributed by atoms with Crippen LogP contribution in [0.5, 0.6) is 5.75 Å². The molecule has 1 fully saturated rings. The number of benzene rings is 1. The number of carbonyl (C=O) groups excluding carboxylic acids is 1. The first kappa shape index (κ1) is 18.4. The smallest absolute Gasteiger partial charge is 0.257 e. The summed E-state index contributed by atoms with van der Waals surface area (Å²) in [5.74, 6) is -0.00242. The first-order chi connectivity index (χ1) is 12.6. The van der Waals surface area contributed by atoms with Crippen LogP contribution in [-0.2, 0) is 6.54 Å². The van der Waals surface area contributed by atoms with Gasteiger partial charge in [-0.1, -0.05) is 6.07 Å². The number of ether oxygens (including phenoxy) is 1. The Kier molecular flexibility index (Phi) is 5.90. The fourth-order valence-electron chi connectivity index (χ4n) is 3.37. The molecule has 1 atom stereocenters. The molecular weight excluding hydrogens is 339 g/mol. The minimum atomic E-state index is -0.554. The Morgan fingerprint density at radius 2 is 2.19 bits per heavy atom. The van der Waals surface area contributed by atoms with Gasteiger partial charge < -0.3 is 19.2 Å². The van der Waals surface area contributed by atoms with Crippen molar-refractivity contribution >= 4 is 5.91 Å². The van der Waals surface area contributed by atoms with Crippen LogP contribution >= 0.6 is 0 Å². The lowest BCUT2D eigenvalue weighted by Crippen LogP contribution is -2.54. The molecule has 1 aromatic heterocycles. The Labute approximate surface area is 151 Å². The third-order valence-corrected chi connectivity index (χ3v) is 4.69. The van der Waals surface area contributed by atoms with Crippen molar-refractivity contribution in [1.29, 1.82) is 0 Å². The number of carbonyl (C=O) groups is 1. The molecule has 0 saturated carbocycles. The first-order valence-electron chi connectivity index (χ1n) is 8.63. The fraction of sp³-hybridized carbons (Fsp3) is 0.421. The van der Waals surface area contributed by atoms with Gasteiger partial charge in [0.2, 0.25) is 0 Å². The predicted molar refractivity (Wildman–Crippen MR) is 93.5 cm³/mol. The molecule has 1 unspecified atom stereocenters. The van der Waals surface area contributed by atoms with Gasteiger partial charge in [-0.3, -0.25) is 9.69 Å². The van der Waals surface area contributed by atoms with E-state index in [1.165, 1.54) is 19.2 Å². The number of hydrogen-bond acceptors (Lipinski definition) is 5. The van der Waals surface area contributed by atoms with E-state index in [2.05, 4.69) is 4.90 Å². The third-order valence-electron chi connectivity index (χ3n) is 4.69. The summed E-state index contributed by atoms with van der Waals surface area (Å²) in [6.45, 7) is 2.28. The van der Waals surface area contributed by atoms with Crippen molar-refractivity contribution in [1.82, 2.24) is 9.80 Å². The topological polar surface area (TPSA) is 66.2 Å². The molecular formula is C19H23FN2O4. The number of hydrogen-bond donors (Lipinski definition) is 1. The highest BCUT2D eigenvalue weighted by molar-refractivity contribution is 5.97. The van der Waals surface area contributed by atoms with E-state index in [4.69, 9.17) is 9.15 Å². The Morgan fingerprint density at radius 3 is 2.88 bits per heavy atom. The van der Waals surface area contributed by atoms with E-state index in [9.17, 15) is 14.3 Å². The van der Waals surface area contributed by atoms with Gasteiger partial charge >= 0.3 is 0 Å². The number of piperazine rings is 1. The van der Waals surface area contributed by atoms with Crippen LogP contribution in [0.15, 0.2) is 41.0 Å². The number of amides is 1. The Morgan fingerprint density at radius 1 is 1.35 bits per heavy atom. The molecule has 1 aromatic carbocycles. The average molecular weight is 362 g/mol. The van der Waals surface area contributed by atoms with E-state index in [0.717, 1.165) is 5.76 Å². The van der Waals surface area contributed by atoms with Crippen molar-refractivity contribution in [2.75, 3.05) is 33.4 Å². The number of furan rings is 1. The normalized spacial score (nSPS) is 18.1. The summed E-state index contributed by atoms with van der Waals surface area (Å²) in [5, 5.41) is 9.40. The number of rotatable bonds is 6. The van der Waals surface area contributed by atoms with E-state index in [-0.39, 0.29) is 29.9 Å². The SMILES string of the molecule is COc1c(F)cccc1C(=O)N1CCN(Cc2ccco2)C(CCO)C1. The van der Waals surface area contributed by atoms with Crippen LogP contribution < -0.4 is 4.74 Å². The lowest BCUT2D eigenvalue weighted by Gasteiger charge is -2.41. The molecule has 2 aromatic rings. The second-order valence-electron chi connectivity index (χ2n) is 6.29. The molecule has 1 N–H and O–H groups in total. The van der Waals surface area contributed by atoms with Gasteiger partial charge in [0.25, 0.3) is 5.91 Å². The highest BCUT2D eigenvalue weighted by Crippen LogP contribution is 2.25. The summed E-state index contributed by atoms with van der Waals surface area (Å²) in [7, 11) is 1.35. The molecule has 2 heterocycles. The van der Waals surface area contributed by atoms with Crippen molar-refractivity contribution in [3.63, 3.8) is 0 Å². The standard InChI is InChI=1S/C19H23FN2O4/c1-25-18-16(5-2-6-17(18)20)19(24)22-9-8-21(14(12-22)7-10-23)13-15-4-3-11-26-15/h2-6,11,14,23H,7-10,12-13H2,1H3. The number of nitrogens with zero attached hydrogens (tertiary/aromatic N) is 2. The van der Waals surface area contributed by atoms with Crippen LogP contribution in [0.1, 0.15) is 22.5 Å². The monoisotopic (exact) mass is 362 g/mol. The van der Waals surface area contributed by atoms with Crippen LogP contribution in [0.3, 0.4) is 0 Å². The molecule has 1 aliphatic heterocycles. The van der Waals surface area contributed by atoms with Gasteiger partial charge in [0, 0.05) is 32.3 Å². The molecule has 7 heteroatoms. The quantitative estimate of drug-likeness (QED) is 0.853. The molecule has 0 bridgehead atoms. The van der Waals surface area contributed by atoms with E-state index >= 15 is 0 Å². The Balaban J connectivity index is 1.74. The molecule has 0 radical (unpaired) electrons. The molecule has 26 heavy (non-hydrogen) atoms. The molecule has 6 nitrogen and oxygen atoms in total. The van der Waals surface area contributed by atoms with E-state index in [0.29, 0.717) is 32.6 Å². The zero-order valence-corrected chi connectivity index (χ0v) is 14.7. The summed E-state index contributed by atoms with van der Waals surface area (Å²) in [4.78, 5) is 16.8. The summed E-state index contributed by atoms with van der Waals surface area (Å²) in [6.07, 6.45) is 2.18.